The van der Waals surface area contributed by atoms with E-state index >= 15 is 0 Å². The number of carbonyl (C=O) groups is 1. The zero-order valence-electron chi connectivity index (χ0n) is 9.95. The van der Waals surface area contributed by atoms with Gasteiger partial charge in [0.2, 0.25) is 0 Å². The fourth-order valence-electron chi connectivity index (χ4n) is 1.40. The molecule has 0 spiro atoms. The summed E-state index contributed by atoms with van der Waals surface area (Å²) >= 11 is 3.10. The third-order valence-electron chi connectivity index (χ3n) is 2.18. The fourth-order valence-corrected chi connectivity index (χ4v) is 1.84. The Labute approximate surface area is 117 Å². The third kappa shape index (κ3) is 3.89. The molecule has 0 unspecified atom stereocenters. The molecule has 19 heavy (non-hydrogen) atoms. The maximum atomic E-state index is 12.3. The van der Waals surface area contributed by atoms with E-state index in [-0.39, 0.29) is 28.8 Å². The van der Waals surface area contributed by atoms with Crippen LogP contribution in [-0.2, 0) is 10.1 Å². The molecule has 102 valence electrons. The largest absolute Gasteiger partial charge is 0.462 e. The van der Waals surface area contributed by atoms with Crippen molar-refractivity contribution < 1.29 is 23.0 Å². The molecule has 1 aromatic carbocycles. The van der Waals surface area contributed by atoms with Gasteiger partial charge in [0.25, 0.3) is 0 Å². The topological polar surface area (TPSA) is 59.3 Å². The second kappa shape index (κ2) is 7.04. The van der Waals surface area contributed by atoms with Gasteiger partial charge in [-0.25, -0.2) is 4.79 Å². The van der Waals surface area contributed by atoms with Gasteiger partial charge in [0, 0.05) is 10.9 Å². The minimum atomic E-state index is -3.01. The van der Waals surface area contributed by atoms with Crippen molar-refractivity contribution in [3.8, 4) is 11.8 Å². The first-order chi connectivity index (χ1) is 9.03. The predicted molar refractivity (Wildman–Crippen MR) is 66.4 cm³/mol. The normalized spacial score (nSPS) is 10.1. The van der Waals surface area contributed by atoms with Gasteiger partial charge in [-0.2, -0.15) is 14.0 Å². The molecule has 0 N–H and O–H groups in total. The number of benzene rings is 1. The molecule has 0 amide bonds. The highest BCUT2D eigenvalue weighted by Gasteiger charge is 2.19. The Kier molecular flexibility index (Phi) is 5.70. The average Bonchev–Trinajstić information content (AvgIpc) is 2.37. The number of esters is 1. The molecule has 0 heterocycles. The minimum Gasteiger partial charge on any atom is -0.462 e. The molecular weight excluding hydrogens is 324 g/mol. The van der Waals surface area contributed by atoms with E-state index in [1.54, 1.807) is 6.92 Å². The maximum Gasteiger partial charge on any atom is 0.387 e. The lowest BCUT2D eigenvalue weighted by Gasteiger charge is -2.12. The molecule has 0 aliphatic heterocycles. The molecule has 0 aromatic heterocycles. The molecule has 7 heteroatoms. The van der Waals surface area contributed by atoms with Gasteiger partial charge in [0.05, 0.1) is 17.7 Å². The van der Waals surface area contributed by atoms with Crippen molar-refractivity contribution in [3.05, 3.63) is 28.8 Å². The van der Waals surface area contributed by atoms with Crippen LogP contribution in [0.5, 0.6) is 5.75 Å². The van der Waals surface area contributed by atoms with E-state index in [4.69, 9.17) is 10.00 Å². The predicted octanol–water partition coefficient (Wildman–Crippen LogP) is 3.23. The minimum absolute atomic E-state index is 0.0505. The van der Waals surface area contributed by atoms with Gasteiger partial charge in [0.15, 0.2) is 0 Å². The lowest BCUT2D eigenvalue weighted by molar-refractivity contribution is -0.0504. The molecule has 0 radical (unpaired) electrons. The van der Waals surface area contributed by atoms with Crippen LogP contribution in [0.25, 0.3) is 0 Å². The number of halogens is 3. The van der Waals surface area contributed by atoms with Gasteiger partial charge in [-0.1, -0.05) is 15.9 Å². The summed E-state index contributed by atoms with van der Waals surface area (Å²) in [4.78, 5) is 11.6. The number of hydrogen-bond donors (Lipinski definition) is 0. The van der Waals surface area contributed by atoms with Crippen LogP contribution in [0.15, 0.2) is 12.1 Å². The Hall–Kier alpha value is -1.68. The van der Waals surface area contributed by atoms with Crippen molar-refractivity contribution in [2.24, 2.45) is 0 Å². The zero-order valence-corrected chi connectivity index (χ0v) is 11.5. The summed E-state index contributed by atoms with van der Waals surface area (Å²) in [6.07, 6.45) is 0. The highest BCUT2D eigenvalue weighted by atomic mass is 79.9. The van der Waals surface area contributed by atoms with E-state index in [1.165, 1.54) is 6.07 Å². The monoisotopic (exact) mass is 333 g/mol. The van der Waals surface area contributed by atoms with Crippen LogP contribution in [0.4, 0.5) is 8.78 Å². The number of hydrogen-bond acceptors (Lipinski definition) is 4. The number of rotatable bonds is 5. The zero-order chi connectivity index (χ0) is 14.4. The Morgan fingerprint density at radius 1 is 1.53 bits per heavy atom. The van der Waals surface area contributed by atoms with Crippen LogP contribution in [0, 0.1) is 11.3 Å². The highest BCUT2D eigenvalue weighted by molar-refractivity contribution is 9.08. The first-order valence-corrected chi connectivity index (χ1v) is 6.40. The molecule has 4 nitrogen and oxygen atoms in total. The summed E-state index contributed by atoms with van der Waals surface area (Å²) in [5.74, 6) is -0.909. The van der Waals surface area contributed by atoms with Crippen molar-refractivity contribution in [3.63, 3.8) is 0 Å². The van der Waals surface area contributed by atoms with Crippen LogP contribution in [0.3, 0.4) is 0 Å². The van der Waals surface area contributed by atoms with Crippen LogP contribution in [0.2, 0.25) is 0 Å². The molecule has 0 fully saturated rings. The average molecular weight is 334 g/mol. The lowest BCUT2D eigenvalue weighted by Crippen LogP contribution is -2.10. The molecule has 0 aliphatic rings. The SMILES string of the molecule is CCOC(=O)c1cc(OC(F)F)c(CBr)cc1C#N. The van der Waals surface area contributed by atoms with Crippen molar-refractivity contribution in [1.82, 2.24) is 0 Å². The Balaban J connectivity index is 3.29. The van der Waals surface area contributed by atoms with Gasteiger partial charge in [-0.3, -0.25) is 0 Å². The van der Waals surface area contributed by atoms with Gasteiger partial charge in [-0.05, 0) is 19.1 Å². The Morgan fingerprint density at radius 3 is 2.68 bits per heavy atom. The number of alkyl halides is 3. The highest BCUT2D eigenvalue weighted by Crippen LogP contribution is 2.27. The summed E-state index contributed by atoms with van der Waals surface area (Å²) < 4.78 is 33.6. The van der Waals surface area contributed by atoms with Crippen molar-refractivity contribution >= 4 is 21.9 Å². The molecule has 0 saturated heterocycles. The molecule has 0 bridgehead atoms. The number of nitriles is 1. The third-order valence-corrected chi connectivity index (χ3v) is 2.78. The summed E-state index contributed by atoms with van der Waals surface area (Å²) in [6.45, 7) is -1.29. The van der Waals surface area contributed by atoms with Gasteiger partial charge in [-0.15, -0.1) is 0 Å². The fraction of sp³-hybridized carbons (Fsp3) is 0.333. The second-order valence-electron chi connectivity index (χ2n) is 3.35. The summed E-state index contributed by atoms with van der Waals surface area (Å²) in [5, 5.41) is 9.18. The Bertz CT molecular complexity index is 514. The van der Waals surface area contributed by atoms with Crippen molar-refractivity contribution in [2.45, 2.75) is 18.9 Å². The number of carbonyl (C=O) groups excluding carboxylic acids is 1. The van der Waals surface area contributed by atoms with E-state index in [9.17, 15) is 13.6 Å². The quantitative estimate of drug-likeness (QED) is 0.613. The first kappa shape index (κ1) is 15.4. The molecular formula is C12H10BrF2NO3. The van der Waals surface area contributed by atoms with Gasteiger partial charge >= 0.3 is 12.6 Å². The molecule has 0 aliphatic carbocycles. The van der Waals surface area contributed by atoms with Crippen molar-refractivity contribution in [2.75, 3.05) is 6.61 Å². The second-order valence-corrected chi connectivity index (χ2v) is 3.91. The first-order valence-electron chi connectivity index (χ1n) is 5.28. The maximum absolute atomic E-state index is 12.3. The van der Waals surface area contributed by atoms with Gasteiger partial charge < -0.3 is 9.47 Å². The molecule has 1 aromatic rings. The summed E-state index contributed by atoms with van der Waals surface area (Å²) in [6, 6.07) is 4.24. The van der Waals surface area contributed by atoms with E-state index < -0.39 is 12.6 Å². The van der Waals surface area contributed by atoms with E-state index in [0.29, 0.717) is 5.56 Å². The summed E-state index contributed by atoms with van der Waals surface area (Å²) in [5.41, 5.74) is 0.309. The standard InChI is InChI=1S/C12H10BrF2NO3/c1-2-18-11(17)9-4-10(19-12(14)15)7(5-13)3-8(9)6-16/h3-4,12H,2,5H2,1H3. The molecule has 0 saturated carbocycles. The van der Waals surface area contributed by atoms with E-state index in [1.807, 2.05) is 6.07 Å². The van der Waals surface area contributed by atoms with Crippen molar-refractivity contribution in [1.29, 1.82) is 5.26 Å². The number of nitrogens with zero attached hydrogens (tertiary/aromatic N) is 1. The molecule has 1 rings (SSSR count). The number of ether oxygens (including phenoxy) is 2. The van der Waals surface area contributed by atoms with Crippen LogP contribution in [-0.4, -0.2) is 19.2 Å². The van der Waals surface area contributed by atoms with Crippen LogP contribution in [0.1, 0.15) is 28.4 Å². The molecule has 0 atom stereocenters. The Morgan fingerprint density at radius 2 is 2.21 bits per heavy atom. The smallest absolute Gasteiger partial charge is 0.387 e. The van der Waals surface area contributed by atoms with E-state index in [0.717, 1.165) is 6.07 Å². The van der Waals surface area contributed by atoms with E-state index in [2.05, 4.69) is 20.7 Å². The lowest BCUT2D eigenvalue weighted by atomic mass is 10.0. The summed E-state index contributed by atoms with van der Waals surface area (Å²) in [7, 11) is 0. The van der Waals surface area contributed by atoms with Gasteiger partial charge in [0.1, 0.15) is 11.8 Å². The van der Waals surface area contributed by atoms with Crippen LogP contribution >= 0.6 is 15.9 Å². The van der Waals surface area contributed by atoms with Crippen LogP contribution < -0.4 is 4.74 Å².